The topological polar surface area (TPSA) is 20.2 Å². The monoisotopic (exact) mass is 358 g/mol. The fourth-order valence-corrected chi connectivity index (χ4v) is 8.50. The highest BCUT2D eigenvalue weighted by Gasteiger charge is 2.62. The minimum Gasteiger partial charge on any atom is -0.393 e. The number of rotatable bonds is 4. The smallest absolute Gasteiger partial charge is 0.0602 e. The molecule has 0 amide bonds. The molecular weight excluding hydrogens is 316 g/mol. The minimum absolute atomic E-state index is 0.0551. The number of fused-ring (bicyclic) bond motifs is 5. The van der Waals surface area contributed by atoms with Crippen LogP contribution in [-0.2, 0) is 0 Å². The van der Waals surface area contributed by atoms with Crippen LogP contribution in [0, 0.1) is 40.4 Å². The first kappa shape index (κ1) is 19.0. The maximum Gasteiger partial charge on any atom is 0.0602 e. The van der Waals surface area contributed by atoms with Gasteiger partial charge in [0, 0.05) is 0 Å². The van der Waals surface area contributed by atoms with Crippen LogP contribution in [0.5, 0.6) is 0 Å². The molecule has 4 aliphatic carbocycles. The lowest BCUT2D eigenvalue weighted by Crippen LogP contribution is -2.57. The van der Waals surface area contributed by atoms with Gasteiger partial charge in [-0.25, -0.2) is 0 Å². The van der Waals surface area contributed by atoms with E-state index in [0.29, 0.717) is 5.41 Å². The molecule has 8 unspecified atom stereocenters. The second-order valence-electron chi connectivity index (χ2n) is 10.8. The van der Waals surface area contributed by atoms with E-state index in [0.717, 1.165) is 36.0 Å². The van der Waals surface area contributed by atoms with Crippen LogP contribution in [0.4, 0.5) is 0 Å². The molecule has 1 N–H and O–H groups in total. The molecule has 0 heterocycles. The third-order valence-corrected chi connectivity index (χ3v) is 10.0. The van der Waals surface area contributed by atoms with E-state index in [4.69, 9.17) is 0 Å². The van der Waals surface area contributed by atoms with Crippen LogP contribution in [-0.4, -0.2) is 11.2 Å². The van der Waals surface area contributed by atoms with Gasteiger partial charge in [-0.2, -0.15) is 0 Å². The van der Waals surface area contributed by atoms with Gasteiger partial charge in [0.15, 0.2) is 0 Å². The van der Waals surface area contributed by atoms with E-state index < -0.39 is 0 Å². The van der Waals surface area contributed by atoms with E-state index >= 15 is 0 Å². The van der Waals surface area contributed by atoms with Crippen LogP contribution in [0.25, 0.3) is 0 Å². The van der Waals surface area contributed by atoms with Gasteiger partial charge < -0.3 is 5.11 Å². The minimum atomic E-state index is -0.0551. The van der Waals surface area contributed by atoms with Gasteiger partial charge in [0.1, 0.15) is 0 Å². The number of aliphatic hydroxyl groups excluding tert-OH is 1. The maximum absolute atomic E-state index is 11.4. The van der Waals surface area contributed by atoms with Crippen molar-refractivity contribution in [2.45, 2.75) is 104 Å². The number of unbranched alkanes of at least 4 members (excludes halogenated alkanes) is 1. The second-order valence-corrected chi connectivity index (χ2v) is 10.8. The fraction of sp³-hybridized carbons (Fsp3) is 0.920. The Hall–Kier alpha value is -0.300. The lowest BCUT2D eigenvalue weighted by atomic mass is 9.44. The van der Waals surface area contributed by atoms with Crippen molar-refractivity contribution in [2.24, 2.45) is 40.4 Å². The summed E-state index contributed by atoms with van der Waals surface area (Å²) in [4.78, 5) is 0. The summed E-state index contributed by atoms with van der Waals surface area (Å²) in [7, 11) is 0. The molecule has 0 bridgehead atoms. The lowest BCUT2D eigenvalue weighted by molar-refractivity contribution is -0.164. The van der Waals surface area contributed by atoms with Crippen molar-refractivity contribution < 1.29 is 5.11 Å². The number of hydrogen-bond acceptors (Lipinski definition) is 1. The molecule has 0 aliphatic heterocycles. The normalized spacial score (nSPS) is 51.1. The Morgan fingerprint density at radius 2 is 1.85 bits per heavy atom. The first-order valence-corrected chi connectivity index (χ1v) is 11.8. The zero-order valence-electron chi connectivity index (χ0n) is 17.6. The summed E-state index contributed by atoms with van der Waals surface area (Å²) in [5.41, 5.74) is 0.739. The number of allylic oxidation sites excluding steroid dienone is 2. The molecule has 0 aromatic carbocycles. The summed E-state index contributed by atoms with van der Waals surface area (Å²) in [5.74, 6) is 4.21. The first-order chi connectivity index (χ1) is 12.5. The zero-order valence-corrected chi connectivity index (χ0v) is 17.6. The summed E-state index contributed by atoms with van der Waals surface area (Å²) < 4.78 is 0. The number of hydrogen-bond donors (Lipinski definition) is 1. The SMILES string of the molecule is C/C=C/CCCC1CCC2C3CCC4CCCCC4(C)C3CC(O)C12C. The molecule has 148 valence electrons. The quantitative estimate of drug-likeness (QED) is 0.435. The third kappa shape index (κ3) is 2.83. The molecule has 1 heteroatoms. The fourth-order valence-electron chi connectivity index (χ4n) is 8.50. The molecule has 26 heavy (non-hydrogen) atoms. The van der Waals surface area contributed by atoms with E-state index in [1.807, 2.05) is 0 Å². The average Bonchev–Trinajstić information content (AvgIpc) is 2.97. The van der Waals surface area contributed by atoms with E-state index in [1.54, 1.807) is 0 Å². The Morgan fingerprint density at radius 1 is 1.00 bits per heavy atom. The molecule has 8 atom stereocenters. The molecular formula is C25H42O. The van der Waals surface area contributed by atoms with Crippen molar-refractivity contribution in [3.8, 4) is 0 Å². The van der Waals surface area contributed by atoms with Gasteiger partial charge in [-0.05, 0) is 112 Å². The highest BCUT2D eigenvalue weighted by atomic mass is 16.3. The highest BCUT2D eigenvalue weighted by molar-refractivity contribution is 5.11. The maximum atomic E-state index is 11.4. The molecule has 0 aromatic rings. The predicted octanol–water partition coefficient (Wildman–Crippen LogP) is 6.75. The lowest BCUT2D eigenvalue weighted by Gasteiger charge is -2.62. The van der Waals surface area contributed by atoms with Gasteiger partial charge in [-0.1, -0.05) is 38.8 Å². The van der Waals surface area contributed by atoms with Crippen LogP contribution in [0.3, 0.4) is 0 Å². The van der Waals surface area contributed by atoms with Gasteiger partial charge >= 0.3 is 0 Å². The van der Waals surface area contributed by atoms with Gasteiger partial charge in [-0.3, -0.25) is 0 Å². The molecule has 0 spiro atoms. The Balaban J connectivity index is 1.53. The summed E-state index contributed by atoms with van der Waals surface area (Å²) in [6.07, 6.45) is 20.9. The van der Waals surface area contributed by atoms with Crippen LogP contribution >= 0.6 is 0 Å². The van der Waals surface area contributed by atoms with E-state index in [-0.39, 0.29) is 11.5 Å². The molecule has 4 rings (SSSR count). The third-order valence-electron chi connectivity index (χ3n) is 10.0. The van der Waals surface area contributed by atoms with Crippen molar-refractivity contribution >= 4 is 0 Å². The van der Waals surface area contributed by atoms with Crippen molar-refractivity contribution in [2.75, 3.05) is 0 Å². The van der Waals surface area contributed by atoms with E-state index in [9.17, 15) is 5.11 Å². The molecule has 0 radical (unpaired) electrons. The molecule has 4 saturated carbocycles. The second kappa shape index (κ2) is 7.26. The molecule has 4 aliphatic rings. The van der Waals surface area contributed by atoms with Gasteiger partial charge in [0.25, 0.3) is 0 Å². The zero-order chi connectivity index (χ0) is 18.4. The highest BCUT2D eigenvalue weighted by Crippen LogP contribution is 2.67. The largest absolute Gasteiger partial charge is 0.393 e. The summed E-state index contributed by atoms with van der Waals surface area (Å²) in [6, 6.07) is 0. The van der Waals surface area contributed by atoms with Crippen molar-refractivity contribution in [1.29, 1.82) is 0 Å². The predicted molar refractivity (Wildman–Crippen MR) is 110 cm³/mol. The standard InChI is InChI=1S/C25H42O/c1-4-5-6-7-11-19-13-15-21-20-14-12-18-10-8-9-16-24(18,2)22(20)17-23(26)25(19,21)3/h4-5,18-23,26H,6-17H2,1-3H3/b5-4+. The van der Waals surface area contributed by atoms with E-state index in [2.05, 4.69) is 32.9 Å². The van der Waals surface area contributed by atoms with Crippen molar-refractivity contribution in [3.05, 3.63) is 12.2 Å². The Labute approximate surface area is 162 Å². The van der Waals surface area contributed by atoms with Gasteiger partial charge in [0.2, 0.25) is 0 Å². The van der Waals surface area contributed by atoms with Gasteiger partial charge in [0.05, 0.1) is 6.10 Å². The van der Waals surface area contributed by atoms with Crippen LogP contribution in [0.2, 0.25) is 0 Å². The van der Waals surface area contributed by atoms with Crippen molar-refractivity contribution in [3.63, 3.8) is 0 Å². The van der Waals surface area contributed by atoms with E-state index in [1.165, 1.54) is 70.6 Å². The Kier molecular flexibility index (Phi) is 5.32. The Bertz CT molecular complexity index is 524. The first-order valence-electron chi connectivity index (χ1n) is 11.8. The number of aliphatic hydroxyl groups is 1. The summed E-state index contributed by atoms with van der Waals surface area (Å²) >= 11 is 0. The molecule has 0 saturated heterocycles. The Morgan fingerprint density at radius 3 is 2.65 bits per heavy atom. The molecule has 1 nitrogen and oxygen atoms in total. The van der Waals surface area contributed by atoms with Crippen LogP contribution in [0.1, 0.15) is 97.8 Å². The average molecular weight is 359 g/mol. The van der Waals surface area contributed by atoms with Crippen LogP contribution < -0.4 is 0 Å². The van der Waals surface area contributed by atoms with Crippen molar-refractivity contribution in [1.82, 2.24) is 0 Å². The van der Waals surface area contributed by atoms with Gasteiger partial charge in [-0.15, -0.1) is 0 Å². The summed E-state index contributed by atoms with van der Waals surface area (Å²) in [6.45, 7) is 7.23. The molecule has 4 fully saturated rings. The summed E-state index contributed by atoms with van der Waals surface area (Å²) in [5, 5.41) is 11.4. The van der Waals surface area contributed by atoms with Crippen LogP contribution in [0.15, 0.2) is 12.2 Å². The molecule has 0 aromatic heterocycles.